The summed E-state index contributed by atoms with van der Waals surface area (Å²) in [7, 11) is 0. The lowest BCUT2D eigenvalue weighted by molar-refractivity contribution is 0.0905. The van der Waals surface area contributed by atoms with E-state index in [1.54, 1.807) is 18.5 Å². The third-order valence-electron chi connectivity index (χ3n) is 4.42. The van der Waals surface area contributed by atoms with Gasteiger partial charge in [-0.1, -0.05) is 25.4 Å². The normalized spacial score (nSPS) is 18.8. The Morgan fingerprint density at radius 1 is 1.38 bits per heavy atom. The first-order valence-electron chi connectivity index (χ1n) is 7.38. The van der Waals surface area contributed by atoms with Crippen LogP contribution in [0.5, 0.6) is 0 Å². The number of aromatic amines is 1. The van der Waals surface area contributed by atoms with Crippen LogP contribution in [0.3, 0.4) is 0 Å². The molecule has 1 saturated carbocycles. The zero-order valence-corrected chi connectivity index (χ0v) is 13.1. The number of amides is 1. The quantitative estimate of drug-likeness (QED) is 0.883. The van der Waals surface area contributed by atoms with Gasteiger partial charge in [-0.2, -0.15) is 0 Å². The number of nitrogens with zero attached hydrogens (tertiary/aromatic N) is 1. The van der Waals surface area contributed by atoms with Gasteiger partial charge in [0.2, 0.25) is 0 Å². The molecule has 2 aromatic rings. The third-order valence-corrected chi connectivity index (χ3v) is 4.72. The second-order valence-corrected chi connectivity index (χ2v) is 7.08. The van der Waals surface area contributed by atoms with Crippen molar-refractivity contribution in [2.75, 3.05) is 0 Å². The lowest BCUT2D eigenvalue weighted by Crippen LogP contribution is -2.39. The summed E-state index contributed by atoms with van der Waals surface area (Å²) in [6.07, 6.45) is 7.66. The van der Waals surface area contributed by atoms with Crippen LogP contribution >= 0.6 is 11.6 Å². The molecule has 3 rings (SSSR count). The van der Waals surface area contributed by atoms with E-state index in [0.717, 1.165) is 36.6 Å². The van der Waals surface area contributed by atoms with Crippen LogP contribution in [0.4, 0.5) is 0 Å². The Morgan fingerprint density at radius 3 is 2.76 bits per heavy atom. The maximum absolute atomic E-state index is 12.3. The van der Waals surface area contributed by atoms with Gasteiger partial charge < -0.3 is 10.3 Å². The number of rotatable bonds is 2. The fourth-order valence-corrected chi connectivity index (χ4v) is 3.16. The summed E-state index contributed by atoms with van der Waals surface area (Å²) in [5.41, 5.74) is 1.74. The van der Waals surface area contributed by atoms with E-state index in [-0.39, 0.29) is 11.9 Å². The fraction of sp³-hybridized carbons (Fsp3) is 0.500. The number of aromatic nitrogens is 2. The second kappa shape index (κ2) is 5.34. The molecule has 1 aliphatic carbocycles. The molecule has 1 fully saturated rings. The summed E-state index contributed by atoms with van der Waals surface area (Å²) in [4.78, 5) is 19.5. The van der Waals surface area contributed by atoms with Crippen molar-refractivity contribution >= 4 is 28.4 Å². The van der Waals surface area contributed by atoms with Gasteiger partial charge in [0.05, 0.1) is 16.7 Å². The van der Waals surface area contributed by atoms with Gasteiger partial charge in [0.25, 0.3) is 5.91 Å². The summed E-state index contributed by atoms with van der Waals surface area (Å²) < 4.78 is 0. The predicted molar refractivity (Wildman–Crippen MR) is 84.6 cm³/mol. The van der Waals surface area contributed by atoms with Crippen molar-refractivity contribution in [1.29, 1.82) is 0 Å². The van der Waals surface area contributed by atoms with E-state index in [9.17, 15) is 4.79 Å². The molecule has 0 atom stereocenters. The molecule has 21 heavy (non-hydrogen) atoms. The highest BCUT2D eigenvalue weighted by Crippen LogP contribution is 2.35. The first-order valence-corrected chi connectivity index (χ1v) is 7.75. The summed E-state index contributed by atoms with van der Waals surface area (Å²) in [5.74, 6) is -0.0630. The smallest absolute Gasteiger partial charge is 0.267 e. The molecular formula is C16H20ClN3O. The Morgan fingerprint density at radius 2 is 2.10 bits per heavy atom. The highest BCUT2D eigenvalue weighted by molar-refractivity contribution is 6.35. The number of hydrogen-bond donors (Lipinski definition) is 2. The topological polar surface area (TPSA) is 57.8 Å². The summed E-state index contributed by atoms with van der Waals surface area (Å²) >= 11 is 6.08. The number of nitrogens with one attached hydrogen (secondary N) is 2. The Labute approximate surface area is 129 Å². The molecular weight excluding hydrogens is 286 g/mol. The van der Waals surface area contributed by atoms with Gasteiger partial charge in [0.1, 0.15) is 5.69 Å². The third kappa shape index (κ3) is 3.05. The molecule has 0 bridgehead atoms. The van der Waals surface area contributed by atoms with Crippen LogP contribution in [-0.2, 0) is 0 Å². The molecule has 0 unspecified atom stereocenters. The van der Waals surface area contributed by atoms with E-state index in [1.165, 1.54) is 0 Å². The van der Waals surface area contributed by atoms with Crippen molar-refractivity contribution in [2.24, 2.45) is 5.41 Å². The molecule has 0 saturated heterocycles. The van der Waals surface area contributed by atoms with Gasteiger partial charge in [-0.15, -0.1) is 0 Å². The molecule has 1 aliphatic rings. The average Bonchev–Trinajstić information content (AvgIpc) is 2.87. The van der Waals surface area contributed by atoms with Gasteiger partial charge in [-0.3, -0.25) is 9.78 Å². The van der Waals surface area contributed by atoms with E-state index in [0.29, 0.717) is 16.1 Å². The van der Waals surface area contributed by atoms with Gasteiger partial charge in [0.15, 0.2) is 0 Å². The van der Waals surface area contributed by atoms with Crippen LogP contribution in [0.15, 0.2) is 18.5 Å². The summed E-state index contributed by atoms with van der Waals surface area (Å²) in [6.45, 7) is 4.58. The SMILES string of the molecule is CC1(C)CCC(NC(=O)c2cc3c(Cl)cncc3[nH]2)CC1. The maximum atomic E-state index is 12.3. The van der Waals surface area contributed by atoms with Crippen LogP contribution < -0.4 is 5.32 Å². The van der Waals surface area contributed by atoms with Gasteiger partial charge in [-0.25, -0.2) is 0 Å². The maximum Gasteiger partial charge on any atom is 0.267 e. The van der Waals surface area contributed by atoms with E-state index in [1.807, 2.05) is 0 Å². The number of pyridine rings is 1. The first-order chi connectivity index (χ1) is 9.94. The summed E-state index contributed by atoms with van der Waals surface area (Å²) in [6, 6.07) is 2.06. The molecule has 0 aromatic carbocycles. The Hall–Kier alpha value is -1.55. The number of hydrogen-bond acceptors (Lipinski definition) is 2. The standard InChI is InChI=1S/C16H20ClN3O/c1-16(2)5-3-10(4-6-16)19-15(21)13-7-11-12(17)8-18-9-14(11)20-13/h7-10,20H,3-6H2,1-2H3,(H,19,21). The number of H-pyrrole nitrogens is 1. The molecule has 2 heterocycles. The number of carbonyl (C=O) groups is 1. The lowest BCUT2D eigenvalue weighted by atomic mass is 9.75. The lowest BCUT2D eigenvalue weighted by Gasteiger charge is -2.34. The minimum absolute atomic E-state index is 0.0630. The average molecular weight is 306 g/mol. The zero-order valence-electron chi connectivity index (χ0n) is 12.4. The first kappa shape index (κ1) is 14.4. The van der Waals surface area contributed by atoms with Crippen molar-refractivity contribution in [1.82, 2.24) is 15.3 Å². The Balaban J connectivity index is 1.71. The van der Waals surface area contributed by atoms with Crippen molar-refractivity contribution in [3.05, 3.63) is 29.2 Å². The zero-order chi connectivity index (χ0) is 15.0. The number of halogens is 1. The van der Waals surface area contributed by atoms with E-state index < -0.39 is 0 Å². The van der Waals surface area contributed by atoms with Gasteiger partial charge in [0, 0.05) is 17.6 Å². The highest BCUT2D eigenvalue weighted by Gasteiger charge is 2.28. The van der Waals surface area contributed by atoms with Crippen LogP contribution in [0.2, 0.25) is 5.02 Å². The van der Waals surface area contributed by atoms with Crippen LogP contribution in [0, 0.1) is 5.41 Å². The van der Waals surface area contributed by atoms with Crippen molar-refractivity contribution in [3.8, 4) is 0 Å². The minimum Gasteiger partial charge on any atom is -0.349 e. The molecule has 2 aromatic heterocycles. The minimum atomic E-state index is -0.0630. The molecule has 1 amide bonds. The van der Waals surface area contributed by atoms with Crippen LogP contribution in [0.1, 0.15) is 50.0 Å². The Kier molecular flexibility index (Phi) is 3.66. The van der Waals surface area contributed by atoms with Crippen LogP contribution in [-0.4, -0.2) is 21.9 Å². The summed E-state index contributed by atoms with van der Waals surface area (Å²) in [5, 5.41) is 4.51. The number of carbonyl (C=O) groups excluding carboxylic acids is 1. The fourth-order valence-electron chi connectivity index (χ4n) is 2.95. The van der Waals surface area contributed by atoms with Gasteiger partial charge in [-0.05, 0) is 37.2 Å². The largest absolute Gasteiger partial charge is 0.349 e. The highest BCUT2D eigenvalue weighted by atomic mass is 35.5. The Bertz CT molecular complexity index is 667. The van der Waals surface area contributed by atoms with Crippen molar-refractivity contribution < 1.29 is 4.79 Å². The van der Waals surface area contributed by atoms with Gasteiger partial charge >= 0.3 is 0 Å². The molecule has 0 radical (unpaired) electrons. The van der Waals surface area contributed by atoms with Crippen molar-refractivity contribution in [2.45, 2.75) is 45.6 Å². The number of fused-ring (bicyclic) bond motifs is 1. The monoisotopic (exact) mass is 305 g/mol. The predicted octanol–water partition coefficient (Wildman–Crippen LogP) is 3.91. The van der Waals surface area contributed by atoms with Crippen molar-refractivity contribution in [3.63, 3.8) is 0 Å². The molecule has 0 spiro atoms. The van der Waals surface area contributed by atoms with Crippen LogP contribution in [0.25, 0.3) is 10.9 Å². The van der Waals surface area contributed by atoms with E-state index in [2.05, 4.69) is 29.1 Å². The molecule has 0 aliphatic heterocycles. The second-order valence-electron chi connectivity index (χ2n) is 6.68. The molecule has 2 N–H and O–H groups in total. The molecule has 5 heteroatoms. The molecule has 112 valence electrons. The van der Waals surface area contributed by atoms with E-state index >= 15 is 0 Å². The van der Waals surface area contributed by atoms with E-state index in [4.69, 9.17) is 11.6 Å². The molecule has 4 nitrogen and oxygen atoms in total.